The third-order valence-electron chi connectivity index (χ3n) is 4.33. The fraction of sp³-hybridized carbons (Fsp3) is 0.353. The molecule has 7 nitrogen and oxygen atoms in total. The van der Waals surface area contributed by atoms with Crippen LogP contribution in [0.25, 0.3) is 0 Å². The Bertz CT molecular complexity index is 831. The Labute approximate surface area is 149 Å². The van der Waals surface area contributed by atoms with Crippen LogP contribution in [0.4, 0.5) is 15.6 Å². The number of aromatic nitrogens is 1. The summed E-state index contributed by atoms with van der Waals surface area (Å²) in [5.74, 6) is 0.863. The molecule has 130 valence electrons. The van der Waals surface area contributed by atoms with E-state index < -0.39 is 0 Å². The number of benzene rings is 1. The quantitative estimate of drug-likeness (QED) is 0.861. The minimum Gasteiger partial charge on any atom is -0.495 e. The van der Waals surface area contributed by atoms with Gasteiger partial charge in [0.15, 0.2) is 5.13 Å². The smallest absolute Gasteiger partial charge is 0.322 e. The zero-order valence-electron chi connectivity index (χ0n) is 13.7. The number of hydrogen-bond donors (Lipinski definition) is 2. The second kappa shape index (κ2) is 6.36. The second-order valence-corrected chi connectivity index (χ2v) is 6.93. The van der Waals surface area contributed by atoms with Crippen molar-refractivity contribution in [2.45, 2.75) is 18.8 Å². The van der Waals surface area contributed by atoms with Gasteiger partial charge in [-0.3, -0.25) is 15.0 Å². The molecule has 0 spiro atoms. The summed E-state index contributed by atoms with van der Waals surface area (Å²) in [6.07, 6.45) is 2.35. The zero-order valence-corrected chi connectivity index (χ0v) is 14.6. The van der Waals surface area contributed by atoms with Crippen molar-refractivity contribution in [3.8, 4) is 5.75 Å². The fourth-order valence-electron chi connectivity index (χ4n) is 2.82. The normalized spacial score (nSPS) is 16.7. The van der Waals surface area contributed by atoms with Gasteiger partial charge in [0.05, 0.1) is 18.5 Å². The molecule has 4 rings (SSSR count). The third kappa shape index (κ3) is 3.17. The maximum atomic E-state index is 12.6. The number of thiazole rings is 1. The van der Waals surface area contributed by atoms with Crippen LogP contribution in [-0.4, -0.2) is 37.1 Å². The zero-order chi connectivity index (χ0) is 17.4. The van der Waals surface area contributed by atoms with E-state index in [1.54, 1.807) is 30.2 Å². The summed E-state index contributed by atoms with van der Waals surface area (Å²) in [5, 5.41) is 8.19. The maximum absolute atomic E-state index is 12.6. The van der Waals surface area contributed by atoms with Gasteiger partial charge in [0.25, 0.3) is 5.91 Å². The summed E-state index contributed by atoms with van der Waals surface area (Å²) in [5.41, 5.74) is 2.10. The number of methoxy groups -OCH3 is 1. The van der Waals surface area contributed by atoms with Crippen molar-refractivity contribution < 1.29 is 14.3 Å². The maximum Gasteiger partial charge on any atom is 0.322 e. The van der Waals surface area contributed by atoms with E-state index in [0.717, 1.165) is 5.69 Å². The van der Waals surface area contributed by atoms with Gasteiger partial charge in [-0.05, 0) is 31.0 Å². The average Bonchev–Trinajstić information content (AvgIpc) is 3.22. The number of carbonyl (C=O) groups is 2. The van der Waals surface area contributed by atoms with E-state index in [0.29, 0.717) is 41.1 Å². The first-order chi connectivity index (χ1) is 12.2. The first-order valence-electron chi connectivity index (χ1n) is 8.16. The molecule has 3 amide bonds. The summed E-state index contributed by atoms with van der Waals surface area (Å²) in [6, 6.07) is 4.87. The minimum absolute atomic E-state index is 0.190. The molecule has 1 aromatic carbocycles. The van der Waals surface area contributed by atoms with Crippen LogP contribution in [0.2, 0.25) is 0 Å². The lowest BCUT2D eigenvalue weighted by Gasteiger charge is -2.18. The number of nitrogens with zero attached hydrogens (tertiary/aromatic N) is 2. The molecule has 1 aliphatic carbocycles. The Hall–Kier alpha value is -2.61. The van der Waals surface area contributed by atoms with Gasteiger partial charge in [-0.2, -0.15) is 0 Å². The van der Waals surface area contributed by atoms with Crippen molar-refractivity contribution in [1.82, 2.24) is 10.3 Å². The van der Waals surface area contributed by atoms with Crippen molar-refractivity contribution in [2.75, 3.05) is 30.4 Å². The summed E-state index contributed by atoms with van der Waals surface area (Å²) < 4.78 is 5.33. The molecule has 1 aliphatic heterocycles. The summed E-state index contributed by atoms with van der Waals surface area (Å²) in [7, 11) is 1.54. The van der Waals surface area contributed by atoms with Gasteiger partial charge >= 0.3 is 6.03 Å². The number of carbonyl (C=O) groups excluding carboxylic acids is 2. The van der Waals surface area contributed by atoms with Crippen LogP contribution >= 0.6 is 11.3 Å². The highest BCUT2D eigenvalue weighted by molar-refractivity contribution is 7.14. The predicted octanol–water partition coefficient (Wildman–Crippen LogP) is 2.81. The summed E-state index contributed by atoms with van der Waals surface area (Å²) >= 11 is 1.44. The van der Waals surface area contributed by atoms with E-state index in [2.05, 4.69) is 15.6 Å². The van der Waals surface area contributed by atoms with Crippen LogP contribution in [0.5, 0.6) is 5.75 Å². The van der Waals surface area contributed by atoms with Crippen LogP contribution in [-0.2, 0) is 0 Å². The standard InChI is InChI=1S/C17H18N4O3S/c1-24-14-5-4-11(8-13(14)21-7-6-18-17(21)23)15(22)20-16-19-12(9-25-16)10-2-3-10/h4-5,8-10H,2-3,6-7H2,1H3,(H,18,23)(H,19,20,22). The molecular formula is C17H18N4O3S. The highest BCUT2D eigenvalue weighted by Gasteiger charge is 2.27. The van der Waals surface area contributed by atoms with Crippen LogP contribution in [0, 0.1) is 0 Å². The number of nitrogens with one attached hydrogen (secondary N) is 2. The number of rotatable bonds is 5. The van der Waals surface area contributed by atoms with Gasteiger partial charge in [0.1, 0.15) is 5.75 Å². The molecule has 0 unspecified atom stereocenters. The number of anilines is 2. The van der Waals surface area contributed by atoms with Crippen LogP contribution < -0.4 is 20.3 Å². The molecule has 2 aliphatic rings. The number of urea groups is 1. The SMILES string of the molecule is COc1ccc(C(=O)Nc2nc(C3CC3)cs2)cc1N1CCNC1=O. The Balaban J connectivity index is 1.56. The monoisotopic (exact) mass is 358 g/mol. The molecule has 0 bridgehead atoms. The van der Waals surface area contributed by atoms with Gasteiger partial charge in [0.2, 0.25) is 0 Å². The number of hydrogen-bond acceptors (Lipinski definition) is 5. The van der Waals surface area contributed by atoms with E-state index in [1.807, 2.05) is 5.38 Å². The van der Waals surface area contributed by atoms with Gasteiger partial charge < -0.3 is 10.1 Å². The van der Waals surface area contributed by atoms with Crippen molar-refractivity contribution in [3.05, 3.63) is 34.8 Å². The van der Waals surface area contributed by atoms with Crippen molar-refractivity contribution in [2.24, 2.45) is 0 Å². The second-order valence-electron chi connectivity index (χ2n) is 6.08. The first-order valence-corrected chi connectivity index (χ1v) is 9.04. The van der Waals surface area contributed by atoms with E-state index >= 15 is 0 Å². The molecule has 0 radical (unpaired) electrons. The van der Waals surface area contributed by atoms with Gasteiger partial charge in [-0.15, -0.1) is 11.3 Å². The number of ether oxygens (including phenoxy) is 1. The van der Waals surface area contributed by atoms with Gasteiger partial charge in [-0.1, -0.05) is 0 Å². The lowest BCUT2D eigenvalue weighted by Crippen LogP contribution is -2.28. The molecule has 8 heteroatoms. The predicted molar refractivity (Wildman–Crippen MR) is 95.8 cm³/mol. The van der Waals surface area contributed by atoms with Crippen LogP contribution in [0.15, 0.2) is 23.6 Å². The molecule has 2 aromatic rings. The summed E-state index contributed by atoms with van der Waals surface area (Å²) in [4.78, 5) is 30.5. The molecule has 2 N–H and O–H groups in total. The number of amides is 3. The highest BCUT2D eigenvalue weighted by Crippen LogP contribution is 2.41. The minimum atomic E-state index is -0.250. The third-order valence-corrected chi connectivity index (χ3v) is 5.10. The molecule has 2 heterocycles. The van der Waals surface area contributed by atoms with Crippen LogP contribution in [0.3, 0.4) is 0 Å². The molecule has 1 aromatic heterocycles. The molecule has 2 fully saturated rings. The van der Waals surface area contributed by atoms with Crippen molar-refractivity contribution in [1.29, 1.82) is 0 Å². The Kier molecular flexibility index (Phi) is 4.04. The van der Waals surface area contributed by atoms with Crippen LogP contribution in [0.1, 0.15) is 34.8 Å². The topological polar surface area (TPSA) is 83.6 Å². The molecular weight excluding hydrogens is 340 g/mol. The lowest BCUT2D eigenvalue weighted by molar-refractivity contribution is 0.102. The van der Waals surface area contributed by atoms with E-state index in [-0.39, 0.29) is 11.9 Å². The average molecular weight is 358 g/mol. The lowest BCUT2D eigenvalue weighted by atomic mass is 10.1. The van der Waals surface area contributed by atoms with E-state index in [4.69, 9.17) is 4.74 Å². The Morgan fingerprint density at radius 1 is 1.44 bits per heavy atom. The molecule has 0 atom stereocenters. The first kappa shape index (κ1) is 15.9. The van der Waals surface area contributed by atoms with Crippen molar-refractivity contribution in [3.63, 3.8) is 0 Å². The van der Waals surface area contributed by atoms with Gasteiger partial charge in [0, 0.05) is 30.0 Å². The largest absolute Gasteiger partial charge is 0.495 e. The Morgan fingerprint density at radius 2 is 2.28 bits per heavy atom. The summed E-state index contributed by atoms with van der Waals surface area (Å²) in [6.45, 7) is 1.11. The Morgan fingerprint density at radius 3 is 2.96 bits per heavy atom. The molecule has 1 saturated heterocycles. The highest BCUT2D eigenvalue weighted by atomic mass is 32.1. The fourth-order valence-corrected chi connectivity index (χ4v) is 3.61. The molecule has 1 saturated carbocycles. The van der Waals surface area contributed by atoms with E-state index in [1.165, 1.54) is 24.2 Å². The van der Waals surface area contributed by atoms with Crippen molar-refractivity contribution >= 4 is 34.1 Å². The molecule has 25 heavy (non-hydrogen) atoms. The van der Waals surface area contributed by atoms with E-state index in [9.17, 15) is 9.59 Å². The van der Waals surface area contributed by atoms with Gasteiger partial charge in [-0.25, -0.2) is 9.78 Å².